The van der Waals surface area contributed by atoms with E-state index in [-0.39, 0.29) is 24.6 Å². The van der Waals surface area contributed by atoms with Gasteiger partial charge in [0.1, 0.15) is 17.0 Å². The van der Waals surface area contributed by atoms with Crippen molar-refractivity contribution >= 4 is 32.4 Å². The van der Waals surface area contributed by atoms with E-state index in [4.69, 9.17) is 9.47 Å². The van der Waals surface area contributed by atoms with Gasteiger partial charge >= 0.3 is 5.97 Å². The van der Waals surface area contributed by atoms with Crippen LogP contribution in [0.5, 0.6) is 5.75 Å². The highest BCUT2D eigenvalue weighted by atomic mass is 32.1. The summed E-state index contributed by atoms with van der Waals surface area (Å²) in [5.74, 6) is 0.462. The van der Waals surface area contributed by atoms with Crippen molar-refractivity contribution in [2.75, 3.05) is 25.7 Å². The van der Waals surface area contributed by atoms with Gasteiger partial charge in [0, 0.05) is 19.0 Å². The fourth-order valence-electron chi connectivity index (χ4n) is 3.21. The van der Waals surface area contributed by atoms with Crippen molar-refractivity contribution in [3.63, 3.8) is 0 Å². The second-order valence-electron chi connectivity index (χ2n) is 7.34. The van der Waals surface area contributed by atoms with E-state index < -0.39 is 5.97 Å². The number of anilines is 1. The van der Waals surface area contributed by atoms with E-state index in [1.54, 1.807) is 14.0 Å². The van der Waals surface area contributed by atoms with Gasteiger partial charge in [-0.15, -0.1) is 11.3 Å². The maximum absolute atomic E-state index is 13.0. The number of fused-ring (bicyclic) bond motifs is 1. The van der Waals surface area contributed by atoms with E-state index >= 15 is 0 Å². The molecule has 0 unspecified atom stereocenters. The molecule has 7 nitrogen and oxygen atoms in total. The molecule has 30 heavy (non-hydrogen) atoms. The average molecular weight is 430 g/mol. The lowest BCUT2D eigenvalue weighted by molar-refractivity contribution is -0.144. The predicted molar refractivity (Wildman–Crippen MR) is 120 cm³/mol. The summed E-state index contributed by atoms with van der Waals surface area (Å²) in [6, 6.07) is 9.93. The first kappa shape index (κ1) is 21.8. The van der Waals surface area contributed by atoms with Gasteiger partial charge in [-0.1, -0.05) is 26.0 Å². The van der Waals surface area contributed by atoms with Crippen LogP contribution in [0.1, 0.15) is 37.9 Å². The minimum absolute atomic E-state index is 0.107. The Bertz CT molecular complexity index is 1090. The normalized spacial score (nSPS) is 11.1. The zero-order valence-corrected chi connectivity index (χ0v) is 18.8. The number of hydrogen-bond acceptors (Lipinski definition) is 7. The molecule has 3 rings (SSSR count). The number of nitrogens with zero attached hydrogens (tertiary/aromatic N) is 3. The molecule has 0 aliphatic heterocycles. The SMILES string of the molecule is CCOC(=O)Cn1nc(C(C)C)c2cc(N(C)Cc3ccc(OC)cc3)sc2c1=O. The number of hydrogen-bond donors (Lipinski definition) is 0. The van der Waals surface area contributed by atoms with Crippen molar-refractivity contribution in [2.45, 2.75) is 39.8 Å². The zero-order chi connectivity index (χ0) is 21.8. The van der Waals surface area contributed by atoms with Crippen molar-refractivity contribution < 1.29 is 14.3 Å². The first-order valence-corrected chi connectivity index (χ1v) is 10.7. The molecule has 0 bridgehead atoms. The van der Waals surface area contributed by atoms with E-state index in [1.807, 2.05) is 51.2 Å². The molecule has 0 spiro atoms. The Morgan fingerprint density at radius 2 is 1.97 bits per heavy atom. The summed E-state index contributed by atoms with van der Waals surface area (Å²) < 4.78 is 12.0. The van der Waals surface area contributed by atoms with Gasteiger partial charge in [-0.05, 0) is 36.6 Å². The Kier molecular flexibility index (Phi) is 6.77. The number of ether oxygens (including phenoxy) is 2. The molecule has 0 saturated heterocycles. The molecular weight excluding hydrogens is 402 g/mol. The van der Waals surface area contributed by atoms with Crippen LogP contribution in [0.4, 0.5) is 5.00 Å². The van der Waals surface area contributed by atoms with Gasteiger partial charge in [-0.25, -0.2) is 4.68 Å². The highest BCUT2D eigenvalue weighted by Crippen LogP contribution is 2.34. The first-order valence-electron chi connectivity index (χ1n) is 9.88. The summed E-state index contributed by atoms with van der Waals surface area (Å²) in [4.78, 5) is 27.0. The molecule has 1 aromatic carbocycles. The van der Waals surface area contributed by atoms with Crippen molar-refractivity contribution in [1.29, 1.82) is 0 Å². The molecule has 2 aromatic heterocycles. The third kappa shape index (κ3) is 4.64. The number of methoxy groups -OCH3 is 1. The summed E-state index contributed by atoms with van der Waals surface area (Å²) in [5, 5.41) is 6.29. The summed E-state index contributed by atoms with van der Waals surface area (Å²) in [6.07, 6.45) is 0. The molecule has 3 aromatic rings. The number of carbonyl (C=O) groups is 1. The maximum atomic E-state index is 13.0. The van der Waals surface area contributed by atoms with Crippen molar-refractivity contribution in [2.24, 2.45) is 0 Å². The first-order chi connectivity index (χ1) is 14.3. The topological polar surface area (TPSA) is 73.7 Å². The molecule has 0 radical (unpaired) electrons. The Balaban J connectivity index is 1.96. The molecule has 0 atom stereocenters. The van der Waals surface area contributed by atoms with Gasteiger partial charge < -0.3 is 14.4 Å². The van der Waals surface area contributed by atoms with Crippen LogP contribution in [0.3, 0.4) is 0 Å². The second kappa shape index (κ2) is 9.30. The van der Waals surface area contributed by atoms with Crippen LogP contribution >= 0.6 is 11.3 Å². The quantitative estimate of drug-likeness (QED) is 0.507. The van der Waals surface area contributed by atoms with E-state index in [2.05, 4.69) is 10.00 Å². The number of rotatable bonds is 8. The van der Waals surface area contributed by atoms with Crippen LogP contribution in [-0.2, 0) is 22.6 Å². The monoisotopic (exact) mass is 429 g/mol. The Morgan fingerprint density at radius 3 is 2.57 bits per heavy atom. The minimum Gasteiger partial charge on any atom is -0.497 e. The molecule has 0 aliphatic carbocycles. The fourth-order valence-corrected chi connectivity index (χ4v) is 4.28. The second-order valence-corrected chi connectivity index (χ2v) is 8.37. The third-order valence-electron chi connectivity index (χ3n) is 4.74. The molecule has 160 valence electrons. The van der Waals surface area contributed by atoms with Crippen LogP contribution in [0.25, 0.3) is 10.1 Å². The van der Waals surface area contributed by atoms with Crippen LogP contribution in [0, 0.1) is 0 Å². The van der Waals surface area contributed by atoms with Gasteiger partial charge in [0.05, 0.1) is 24.4 Å². The Morgan fingerprint density at radius 1 is 1.27 bits per heavy atom. The standard InChI is InChI=1S/C22H27N3O4S/c1-6-29-19(26)13-25-22(27)21-17(20(23-25)14(2)3)11-18(30-21)24(4)12-15-7-9-16(28-5)10-8-15/h7-11,14H,6,12-13H2,1-5H3. The lowest BCUT2D eigenvalue weighted by Crippen LogP contribution is -2.28. The average Bonchev–Trinajstić information content (AvgIpc) is 3.16. The molecular formula is C22H27N3O4S. The van der Waals surface area contributed by atoms with Crippen LogP contribution in [-0.4, -0.2) is 36.5 Å². The number of benzene rings is 1. The maximum Gasteiger partial charge on any atom is 0.327 e. The zero-order valence-electron chi connectivity index (χ0n) is 18.0. The predicted octanol–water partition coefficient (Wildman–Crippen LogP) is 3.79. The minimum atomic E-state index is -0.463. The van der Waals surface area contributed by atoms with Gasteiger partial charge in [0.2, 0.25) is 0 Å². The number of thiophene rings is 1. The molecule has 0 amide bonds. The lowest BCUT2D eigenvalue weighted by atomic mass is 10.1. The molecule has 0 N–H and O–H groups in total. The Hall–Kier alpha value is -2.87. The molecule has 0 aliphatic rings. The number of carbonyl (C=O) groups excluding carboxylic acids is 1. The van der Waals surface area contributed by atoms with E-state index in [0.29, 0.717) is 11.2 Å². The third-order valence-corrected chi connectivity index (χ3v) is 5.98. The molecule has 2 heterocycles. The number of esters is 1. The molecule has 0 fully saturated rings. The number of aromatic nitrogens is 2. The largest absolute Gasteiger partial charge is 0.497 e. The van der Waals surface area contributed by atoms with E-state index in [1.165, 1.54) is 16.0 Å². The summed E-state index contributed by atoms with van der Waals surface area (Å²) >= 11 is 1.42. The van der Waals surface area contributed by atoms with Crippen LogP contribution < -0.4 is 15.2 Å². The van der Waals surface area contributed by atoms with Gasteiger partial charge in [0.25, 0.3) is 5.56 Å². The summed E-state index contributed by atoms with van der Waals surface area (Å²) in [7, 11) is 3.64. The fraction of sp³-hybridized carbons (Fsp3) is 0.409. The lowest BCUT2D eigenvalue weighted by Gasteiger charge is -2.17. The van der Waals surface area contributed by atoms with Crippen molar-refractivity contribution in [3.8, 4) is 5.75 Å². The van der Waals surface area contributed by atoms with E-state index in [9.17, 15) is 9.59 Å². The van der Waals surface area contributed by atoms with E-state index in [0.717, 1.165) is 27.4 Å². The summed E-state index contributed by atoms with van der Waals surface area (Å²) in [5.41, 5.74) is 1.67. The summed E-state index contributed by atoms with van der Waals surface area (Å²) in [6.45, 7) is 6.57. The van der Waals surface area contributed by atoms with Crippen LogP contribution in [0.15, 0.2) is 35.1 Å². The van der Waals surface area contributed by atoms with Crippen molar-refractivity contribution in [1.82, 2.24) is 9.78 Å². The van der Waals surface area contributed by atoms with Gasteiger partial charge in [-0.3, -0.25) is 9.59 Å². The highest BCUT2D eigenvalue weighted by molar-refractivity contribution is 7.22. The van der Waals surface area contributed by atoms with Crippen LogP contribution in [0.2, 0.25) is 0 Å². The van der Waals surface area contributed by atoms with Gasteiger partial charge in [-0.2, -0.15) is 5.10 Å². The van der Waals surface area contributed by atoms with Gasteiger partial charge in [0.15, 0.2) is 0 Å². The smallest absolute Gasteiger partial charge is 0.327 e. The molecule has 0 saturated carbocycles. The Labute approximate surface area is 179 Å². The molecule has 8 heteroatoms. The van der Waals surface area contributed by atoms with Crippen molar-refractivity contribution in [3.05, 3.63) is 51.9 Å². The highest BCUT2D eigenvalue weighted by Gasteiger charge is 2.19.